The van der Waals surface area contributed by atoms with Crippen LogP contribution in [0.2, 0.25) is 0 Å². The van der Waals surface area contributed by atoms with Gasteiger partial charge in [-0.2, -0.15) is 5.10 Å². The summed E-state index contributed by atoms with van der Waals surface area (Å²) in [5, 5.41) is 3.73. The first-order chi connectivity index (χ1) is 9.58. The average Bonchev–Trinajstić information content (AvgIpc) is 2.38. The fourth-order valence-corrected chi connectivity index (χ4v) is 2.22. The molecule has 1 aromatic carbocycles. The Kier molecular flexibility index (Phi) is 7.13. The number of nitrogens with one attached hydrogen (secondary N) is 1. The number of carbonyl (C=O) groups is 1. The molecule has 7 heteroatoms. The van der Waals surface area contributed by atoms with E-state index >= 15 is 0 Å². The Morgan fingerprint density at radius 2 is 2.20 bits per heavy atom. The molecular weight excluding hydrogens is 373 g/mol. The minimum atomic E-state index is -0.705. The zero-order valence-corrected chi connectivity index (χ0v) is 13.6. The number of rotatable bonds is 7. The van der Waals surface area contributed by atoms with Gasteiger partial charge in [-0.15, -0.1) is 0 Å². The first-order valence-corrected chi connectivity index (χ1v) is 7.34. The smallest absolute Gasteiger partial charge is 0.332 e. The molecule has 0 fully saturated rings. The summed E-state index contributed by atoms with van der Waals surface area (Å²) in [6.07, 6.45) is 2.42. The summed E-state index contributed by atoms with van der Waals surface area (Å²) >= 11 is 2.18. The topological polar surface area (TPSA) is 85.9 Å². The van der Waals surface area contributed by atoms with Crippen LogP contribution in [0.3, 0.4) is 0 Å². The second kappa shape index (κ2) is 8.62. The highest BCUT2D eigenvalue weighted by Gasteiger charge is 2.11. The normalized spacial score (nSPS) is 10.6. The van der Waals surface area contributed by atoms with Crippen LogP contribution in [-0.4, -0.2) is 25.5 Å². The van der Waals surface area contributed by atoms with Gasteiger partial charge in [-0.25, -0.2) is 10.2 Å². The van der Waals surface area contributed by atoms with Gasteiger partial charge in [0.2, 0.25) is 0 Å². The Morgan fingerprint density at radius 1 is 1.45 bits per heavy atom. The number of amides is 2. The molecule has 0 heterocycles. The molecule has 0 aliphatic carbocycles. The summed E-state index contributed by atoms with van der Waals surface area (Å²) in [5.41, 5.74) is 7.87. The minimum absolute atomic E-state index is 0.540. The van der Waals surface area contributed by atoms with Crippen LogP contribution in [-0.2, 0) is 0 Å². The maximum Gasteiger partial charge on any atom is 0.332 e. The van der Waals surface area contributed by atoms with Crippen molar-refractivity contribution in [3.05, 3.63) is 21.3 Å². The van der Waals surface area contributed by atoms with Crippen molar-refractivity contribution in [2.24, 2.45) is 10.8 Å². The zero-order chi connectivity index (χ0) is 15.0. The number of hydrogen-bond donors (Lipinski definition) is 2. The number of nitrogens with zero attached hydrogens (tertiary/aromatic N) is 1. The van der Waals surface area contributed by atoms with E-state index in [0.29, 0.717) is 19.0 Å². The number of primary amides is 1. The van der Waals surface area contributed by atoms with Crippen LogP contribution in [0.4, 0.5) is 4.79 Å². The van der Waals surface area contributed by atoms with E-state index in [0.717, 1.165) is 21.3 Å². The highest BCUT2D eigenvalue weighted by atomic mass is 127. The second-order valence-electron chi connectivity index (χ2n) is 3.85. The summed E-state index contributed by atoms with van der Waals surface area (Å²) in [4.78, 5) is 10.5. The largest absolute Gasteiger partial charge is 0.490 e. The molecule has 3 N–H and O–H groups in total. The predicted molar refractivity (Wildman–Crippen MR) is 86.4 cm³/mol. The molecule has 0 aliphatic heterocycles. The van der Waals surface area contributed by atoms with Crippen molar-refractivity contribution in [1.82, 2.24) is 5.43 Å². The van der Waals surface area contributed by atoms with Gasteiger partial charge in [0, 0.05) is 0 Å². The van der Waals surface area contributed by atoms with Crippen LogP contribution in [0.25, 0.3) is 0 Å². The van der Waals surface area contributed by atoms with Crippen LogP contribution in [0.15, 0.2) is 17.2 Å². The minimum Gasteiger partial charge on any atom is -0.490 e. The summed E-state index contributed by atoms with van der Waals surface area (Å²) in [5.74, 6) is 1.39. The summed E-state index contributed by atoms with van der Waals surface area (Å²) in [6.45, 7) is 5.13. The van der Waals surface area contributed by atoms with Crippen LogP contribution in [0.1, 0.15) is 25.8 Å². The number of carbonyl (C=O) groups excluding carboxylic acids is 1. The maximum absolute atomic E-state index is 10.5. The lowest BCUT2D eigenvalue weighted by molar-refractivity contribution is 0.249. The molecule has 0 bridgehead atoms. The van der Waals surface area contributed by atoms with E-state index in [1.165, 1.54) is 6.21 Å². The molecular formula is C13H18IN3O3. The molecule has 0 unspecified atom stereocenters. The highest BCUT2D eigenvalue weighted by molar-refractivity contribution is 14.1. The fraction of sp³-hybridized carbons (Fsp3) is 0.385. The van der Waals surface area contributed by atoms with Crippen LogP contribution in [0.5, 0.6) is 11.5 Å². The Bertz CT molecular complexity index is 492. The van der Waals surface area contributed by atoms with Gasteiger partial charge in [-0.1, -0.05) is 6.92 Å². The van der Waals surface area contributed by atoms with E-state index in [9.17, 15) is 4.79 Å². The van der Waals surface area contributed by atoms with Crippen molar-refractivity contribution in [3.63, 3.8) is 0 Å². The van der Waals surface area contributed by atoms with Crippen LogP contribution >= 0.6 is 22.6 Å². The first-order valence-electron chi connectivity index (χ1n) is 6.26. The molecule has 0 atom stereocenters. The number of urea groups is 1. The molecule has 0 radical (unpaired) electrons. The van der Waals surface area contributed by atoms with Crippen LogP contribution in [0, 0.1) is 3.57 Å². The number of halogens is 1. The number of hydrogen-bond acceptors (Lipinski definition) is 4. The monoisotopic (exact) mass is 391 g/mol. The van der Waals surface area contributed by atoms with Crippen LogP contribution < -0.4 is 20.6 Å². The summed E-state index contributed by atoms with van der Waals surface area (Å²) < 4.78 is 12.2. The molecule has 0 spiro atoms. The molecule has 20 heavy (non-hydrogen) atoms. The molecule has 0 aliphatic rings. The number of ether oxygens (including phenoxy) is 2. The lowest BCUT2D eigenvalue weighted by Crippen LogP contribution is -2.24. The van der Waals surface area contributed by atoms with E-state index in [1.807, 2.05) is 26.0 Å². The third-order valence-electron chi connectivity index (χ3n) is 2.17. The molecule has 6 nitrogen and oxygen atoms in total. The summed E-state index contributed by atoms with van der Waals surface area (Å²) in [6, 6.07) is 2.99. The summed E-state index contributed by atoms with van der Waals surface area (Å²) in [7, 11) is 0. The molecule has 0 aromatic heterocycles. The van der Waals surface area contributed by atoms with Gasteiger partial charge in [-0.3, -0.25) is 0 Å². The van der Waals surface area contributed by atoms with Gasteiger partial charge in [-0.05, 0) is 53.6 Å². The Labute approximate surface area is 131 Å². The molecule has 2 amide bonds. The van der Waals surface area contributed by atoms with E-state index in [4.69, 9.17) is 15.2 Å². The standard InChI is InChI=1S/C13H18IN3O3/c1-3-5-20-12-10(14)6-9(7-11(12)19-4-2)8-16-17-13(15)18/h6-8H,3-5H2,1-2H3,(H3,15,17,18)/b16-8+. The fourth-order valence-electron chi connectivity index (χ4n) is 1.44. The van der Waals surface area contributed by atoms with Gasteiger partial charge in [0.1, 0.15) is 0 Å². The van der Waals surface area contributed by atoms with E-state index in [-0.39, 0.29) is 0 Å². The maximum atomic E-state index is 10.5. The highest BCUT2D eigenvalue weighted by Crippen LogP contribution is 2.34. The third kappa shape index (κ3) is 5.24. The van der Waals surface area contributed by atoms with Gasteiger partial charge in [0.25, 0.3) is 0 Å². The SMILES string of the molecule is CCCOc1c(I)cc(/C=N/NC(N)=O)cc1OCC. The van der Waals surface area contributed by atoms with Crippen molar-refractivity contribution in [2.75, 3.05) is 13.2 Å². The van der Waals surface area contributed by atoms with Crippen molar-refractivity contribution in [1.29, 1.82) is 0 Å². The van der Waals surface area contributed by atoms with Crippen molar-refractivity contribution < 1.29 is 14.3 Å². The van der Waals surface area contributed by atoms with Crippen molar-refractivity contribution in [2.45, 2.75) is 20.3 Å². The predicted octanol–water partition coefficient (Wildman–Crippen LogP) is 2.48. The Morgan fingerprint density at radius 3 is 2.80 bits per heavy atom. The quantitative estimate of drug-likeness (QED) is 0.426. The number of nitrogens with two attached hydrogens (primary N) is 1. The van der Waals surface area contributed by atoms with Crippen molar-refractivity contribution >= 4 is 34.8 Å². The van der Waals surface area contributed by atoms with E-state index < -0.39 is 6.03 Å². The third-order valence-corrected chi connectivity index (χ3v) is 2.97. The number of hydrazone groups is 1. The van der Waals surface area contributed by atoms with Gasteiger partial charge in [0.05, 0.1) is 23.0 Å². The molecule has 110 valence electrons. The van der Waals surface area contributed by atoms with Gasteiger partial charge >= 0.3 is 6.03 Å². The Hall–Kier alpha value is -1.51. The number of benzene rings is 1. The lowest BCUT2D eigenvalue weighted by atomic mass is 10.2. The van der Waals surface area contributed by atoms with Gasteiger partial charge < -0.3 is 15.2 Å². The molecule has 0 saturated carbocycles. The molecule has 1 aromatic rings. The molecule has 1 rings (SSSR count). The van der Waals surface area contributed by atoms with Crippen molar-refractivity contribution in [3.8, 4) is 11.5 Å². The average molecular weight is 391 g/mol. The second-order valence-corrected chi connectivity index (χ2v) is 5.01. The zero-order valence-electron chi connectivity index (χ0n) is 11.5. The molecule has 0 saturated heterocycles. The lowest BCUT2D eigenvalue weighted by Gasteiger charge is -2.14. The Balaban J connectivity index is 2.99. The van der Waals surface area contributed by atoms with Gasteiger partial charge in [0.15, 0.2) is 11.5 Å². The van der Waals surface area contributed by atoms with E-state index in [1.54, 1.807) is 0 Å². The first kappa shape index (κ1) is 16.5. The van der Waals surface area contributed by atoms with E-state index in [2.05, 4.69) is 33.1 Å².